The van der Waals surface area contributed by atoms with Crippen molar-refractivity contribution in [1.29, 1.82) is 0 Å². The largest absolute Gasteiger partial charge is 0.398 e. The smallest absolute Gasteiger partial charge is 0.142 e. The van der Waals surface area contributed by atoms with Crippen molar-refractivity contribution in [2.24, 2.45) is 0 Å². The van der Waals surface area contributed by atoms with Crippen LogP contribution in [-0.4, -0.2) is 23.4 Å². The summed E-state index contributed by atoms with van der Waals surface area (Å²) in [6.07, 6.45) is 0. The normalized spacial score (nSPS) is 12.5. The number of nitrogen functional groups attached to an aromatic ring is 1. The number of rotatable bonds is 8. The summed E-state index contributed by atoms with van der Waals surface area (Å²) in [6.45, 7) is 0.882. The summed E-state index contributed by atoms with van der Waals surface area (Å²) in [5.74, 6) is 0. The highest BCUT2D eigenvalue weighted by Crippen LogP contribution is 2.33. The van der Waals surface area contributed by atoms with Gasteiger partial charge in [0, 0.05) is 29.4 Å². The van der Waals surface area contributed by atoms with E-state index < -0.39 is 5.50 Å². The molecule has 2 aromatic carbocycles. The van der Waals surface area contributed by atoms with Crippen molar-refractivity contribution in [3.05, 3.63) is 64.7 Å². The van der Waals surface area contributed by atoms with E-state index in [9.17, 15) is 0 Å². The number of halogens is 2. The molecule has 0 bridgehead atoms. The summed E-state index contributed by atoms with van der Waals surface area (Å²) in [6, 6.07) is 15.2. The molecule has 7 heteroatoms. The highest BCUT2D eigenvalue weighted by molar-refractivity contribution is 6.33. The molecular weight excluding hydrogens is 335 g/mol. The van der Waals surface area contributed by atoms with Crippen LogP contribution in [0.3, 0.4) is 0 Å². The number of hydrazine groups is 2. The molecule has 1 unspecified atom stereocenters. The fourth-order valence-electron chi connectivity index (χ4n) is 2.09. The zero-order chi connectivity index (χ0) is 16.7. The molecule has 0 amide bonds. The molecule has 5 nitrogen and oxygen atoms in total. The van der Waals surface area contributed by atoms with Crippen molar-refractivity contribution in [1.82, 2.24) is 16.0 Å². The standard InChI is InChI=1S/C16H20Cl2N4O/c17-13-7-4-8-14(19)15(13)16(18)22(20-9-10-23)21-11-12-5-2-1-3-6-12/h1-8,16,20-21,23H,9-11,19H2. The molecule has 1 atom stereocenters. The molecule has 0 fully saturated rings. The number of hydrogen-bond acceptors (Lipinski definition) is 5. The Balaban J connectivity index is 2.13. The van der Waals surface area contributed by atoms with Gasteiger partial charge in [-0.05, 0) is 17.7 Å². The molecule has 0 spiro atoms. The fourth-order valence-corrected chi connectivity index (χ4v) is 2.82. The maximum Gasteiger partial charge on any atom is 0.142 e. The van der Waals surface area contributed by atoms with Crippen molar-refractivity contribution < 1.29 is 5.11 Å². The zero-order valence-corrected chi connectivity index (χ0v) is 14.1. The number of anilines is 1. The van der Waals surface area contributed by atoms with Crippen molar-refractivity contribution in [3.63, 3.8) is 0 Å². The van der Waals surface area contributed by atoms with Gasteiger partial charge in [-0.15, -0.1) is 0 Å². The lowest BCUT2D eigenvalue weighted by Crippen LogP contribution is -2.49. The molecule has 23 heavy (non-hydrogen) atoms. The van der Waals surface area contributed by atoms with Gasteiger partial charge in [-0.3, -0.25) is 0 Å². The van der Waals surface area contributed by atoms with E-state index in [4.69, 9.17) is 34.0 Å². The average Bonchev–Trinajstić information content (AvgIpc) is 2.55. The molecule has 124 valence electrons. The number of nitrogens with zero attached hydrogens (tertiary/aromatic N) is 1. The minimum Gasteiger partial charge on any atom is -0.398 e. The first-order valence-electron chi connectivity index (χ1n) is 7.22. The highest BCUT2D eigenvalue weighted by atomic mass is 35.5. The topological polar surface area (TPSA) is 73.5 Å². The zero-order valence-electron chi connectivity index (χ0n) is 12.5. The summed E-state index contributed by atoms with van der Waals surface area (Å²) in [7, 11) is 0. The molecule has 0 radical (unpaired) electrons. The Hall–Kier alpha value is -1.34. The molecule has 5 N–H and O–H groups in total. The van der Waals surface area contributed by atoms with E-state index in [1.54, 1.807) is 23.3 Å². The number of aliphatic hydroxyl groups excluding tert-OH is 1. The number of aliphatic hydroxyl groups is 1. The molecule has 0 aromatic heterocycles. The second kappa shape index (κ2) is 9.08. The van der Waals surface area contributed by atoms with Crippen LogP contribution >= 0.6 is 23.2 Å². The number of benzene rings is 2. The third-order valence-electron chi connectivity index (χ3n) is 3.24. The third kappa shape index (κ3) is 5.07. The van der Waals surface area contributed by atoms with Gasteiger partial charge >= 0.3 is 0 Å². The molecule has 0 aliphatic heterocycles. The Labute approximate surface area is 145 Å². The lowest BCUT2D eigenvalue weighted by atomic mass is 10.2. The van der Waals surface area contributed by atoms with Crippen LogP contribution in [0.25, 0.3) is 0 Å². The van der Waals surface area contributed by atoms with E-state index in [1.807, 2.05) is 30.3 Å². The number of nitrogens with one attached hydrogen (secondary N) is 2. The second-order valence-corrected chi connectivity index (χ2v) is 5.72. The molecule has 2 aromatic rings. The van der Waals surface area contributed by atoms with Crippen LogP contribution in [-0.2, 0) is 6.54 Å². The lowest BCUT2D eigenvalue weighted by Gasteiger charge is -2.29. The van der Waals surface area contributed by atoms with Gasteiger partial charge in [0.15, 0.2) is 0 Å². The van der Waals surface area contributed by atoms with E-state index in [0.29, 0.717) is 29.4 Å². The molecule has 0 heterocycles. The van der Waals surface area contributed by atoms with Crippen molar-refractivity contribution in [3.8, 4) is 0 Å². The second-order valence-electron chi connectivity index (χ2n) is 4.90. The monoisotopic (exact) mass is 354 g/mol. The van der Waals surface area contributed by atoms with Crippen LogP contribution in [0.15, 0.2) is 48.5 Å². The predicted molar refractivity (Wildman–Crippen MR) is 94.7 cm³/mol. The molecule has 0 aliphatic rings. The van der Waals surface area contributed by atoms with E-state index in [-0.39, 0.29) is 6.61 Å². The van der Waals surface area contributed by atoms with E-state index in [1.165, 1.54) is 0 Å². The van der Waals surface area contributed by atoms with Gasteiger partial charge in [0.25, 0.3) is 0 Å². The maximum absolute atomic E-state index is 9.05. The molecule has 0 saturated carbocycles. The Morgan fingerprint density at radius 1 is 1.09 bits per heavy atom. The summed E-state index contributed by atoms with van der Waals surface area (Å²) in [4.78, 5) is 0. The van der Waals surface area contributed by atoms with Gasteiger partial charge in [-0.25, -0.2) is 10.9 Å². The van der Waals surface area contributed by atoms with Gasteiger partial charge < -0.3 is 10.8 Å². The Morgan fingerprint density at radius 2 is 1.83 bits per heavy atom. The minimum absolute atomic E-state index is 0.0227. The van der Waals surface area contributed by atoms with Crippen LogP contribution in [0.5, 0.6) is 0 Å². The Morgan fingerprint density at radius 3 is 2.48 bits per heavy atom. The lowest BCUT2D eigenvalue weighted by molar-refractivity contribution is 0.0816. The maximum atomic E-state index is 9.05. The average molecular weight is 355 g/mol. The van der Waals surface area contributed by atoms with Crippen LogP contribution in [0, 0.1) is 0 Å². The number of nitrogens with two attached hydrogens (primary N) is 1. The molecule has 0 saturated heterocycles. The van der Waals surface area contributed by atoms with Gasteiger partial charge in [-0.2, -0.15) is 5.12 Å². The SMILES string of the molecule is Nc1cccc(Cl)c1C(Cl)N(NCCO)NCc1ccccc1. The van der Waals surface area contributed by atoms with E-state index in [0.717, 1.165) is 5.56 Å². The van der Waals surface area contributed by atoms with Gasteiger partial charge in [-0.1, -0.05) is 59.6 Å². The van der Waals surface area contributed by atoms with Crippen molar-refractivity contribution in [2.75, 3.05) is 18.9 Å². The van der Waals surface area contributed by atoms with Crippen molar-refractivity contribution >= 4 is 28.9 Å². The number of hydrogen-bond donors (Lipinski definition) is 4. The van der Waals surface area contributed by atoms with E-state index >= 15 is 0 Å². The van der Waals surface area contributed by atoms with Gasteiger partial charge in [0.2, 0.25) is 0 Å². The van der Waals surface area contributed by atoms with Gasteiger partial charge in [0.05, 0.1) is 6.61 Å². The summed E-state index contributed by atoms with van der Waals surface area (Å²) in [5, 5.41) is 11.1. The minimum atomic E-state index is -0.640. The van der Waals surface area contributed by atoms with E-state index in [2.05, 4.69) is 10.9 Å². The van der Waals surface area contributed by atoms with Crippen LogP contribution in [0.4, 0.5) is 5.69 Å². The number of alkyl halides is 1. The van der Waals surface area contributed by atoms with Crippen molar-refractivity contribution in [2.45, 2.75) is 12.0 Å². The summed E-state index contributed by atoms with van der Waals surface area (Å²) >= 11 is 12.8. The first-order chi connectivity index (χ1) is 11.1. The summed E-state index contributed by atoms with van der Waals surface area (Å²) in [5.41, 5.74) is 13.8. The molecule has 0 aliphatic carbocycles. The quantitative estimate of drug-likeness (QED) is 0.254. The molecular formula is C16H20Cl2N4O. The predicted octanol–water partition coefficient (Wildman–Crippen LogP) is 2.66. The fraction of sp³-hybridized carbons (Fsp3) is 0.250. The molecule has 2 rings (SSSR count). The third-order valence-corrected chi connectivity index (χ3v) is 3.98. The summed E-state index contributed by atoms with van der Waals surface area (Å²) < 4.78 is 0. The van der Waals surface area contributed by atoms with Crippen LogP contribution < -0.4 is 16.6 Å². The van der Waals surface area contributed by atoms with Crippen LogP contribution in [0.2, 0.25) is 5.02 Å². The first-order valence-corrected chi connectivity index (χ1v) is 8.04. The Kier molecular flexibility index (Phi) is 7.11. The first kappa shape index (κ1) is 18.0. The Bertz CT molecular complexity index is 592. The van der Waals surface area contributed by atoms with Crippen LogP contribution in [0.1, 0.15) is 16.6 Å². The highest BCUT2D eigenvalue weighted by Gasteiger charge is 2.22. The van der Waals surface area contributed by atoms with Gasteiger partial charge in [0.1, 0.15) is 5.50 Å².